The molecule has 1 heterocycles. The molecule has 0 aromatic rings. The van der Waals surface area contributed by atoms with Crippen molar-refractivity contribution in [2.45, 2.75) is 51.5 Å². The van der Waals surface area contributed by atoms with Crippen molar-refractivity contribution in [2.24, 2.45) is 5.92 Å². The van der Waals surface area contributed by atoms with Crippen molar-refractivity contribution in [3.8, 4) is 0 Å². The molecule has 5 heteroatoms. The number of aliphatic carboxylic acids is 1. The number of thioether (sulfide) groups is 1. The summed E-state index contributed by atoms with van der Waals surface area (Å²) in [5, 5.41) is 11.6. The van der Waals surface area contributed by atoms with E-state index in [1.807, 2.05) is 25.6 Å². The van der Waals surface area contributed by atoms with Gasteiger partial charge in [0.1, 0.15) is 0 Å². The van der Waals surface area contributed by atoms with E-state index in [1.54, 1.807) is 0 Å². The number of nitrogens with one attached hydrogen (secondary N) is 1. The van der Waals surface area contributed by atoms with Gasteiger partial charge in [-0.2, -0.15) is 11.8 Å². The van der Waals surface area contributed by atoms with Crippen LogP contribution in [0.5, 0.6) is 0 Å². The molecule has 0 aliphatic carbocycles. The van der Waals surface area contributed by atoms with Gasteiger partial charge in [0.15, 0.2) is 0 Å². The van der Waals surface area contributed by atoms with Gasteiger partial charge in [0.2, 0.25) is 5.91 Å². The van der Waals surface area contributed by atoms with Crippen molar-refractivity contribution in [1.82, 2.24) is 5.32 Å². The van der Waals surface area contributed by atoms with Gasteiger partial charge in [-0.15, -0.1) is 0 Å². The standard InChI is InChI=1S/C13H23NO3S/c1-13(2,6-3-12(16)17)14-11(15)9-10-4-7-18-8-5-10/h10H,3-9H2,1-2H3,(H,14,15)(H,16,17). The molecule has 4 nitrogen and oxygen atoms in total. The first kappa shape index (κ1) is 15.3. The van der Waals surface area contributed by atoms with Crippen LogP contribution < -0.4 is 5.32 Å². The van der Waals surface area contributed by atoms with E-state index in [-0.39, 0.29) is 12.3 Å². The molecule has 0 spiro atoms. The van der Waals surface area contributed by atoms with E-state index < -0.39 is 11.5 Å². The van der Waals surface area contributed by atoms with Crippen LogP contribution in [-0.4, -0.2) is 34.0 Å². The largest absolute Gasteiger partial charge is 0.481 e. The fourth-order valence-corrected chi connectivity index (χ4v) is 3.33. The zero-order valence-electron chi connectivity index (χ0n) is 11.2. The van der Waals surface area contributed by atoms with Crippen LogP contribution in [0.4, 0.5) is 0 Å². The number of carbonyl (C=O) groups excluding carboxylic acids is 1. The average molecular weight is 273 g/mol. The maximum atomic E-state index is 11.9. The van der Waals surface area contributed by atoms with Gasteiger partial charge in [-0.1, -0.05) is 0 Å². The highest BCUT2D eigenvalue weighted by atomic mass is 32.2. The van der Waals surface area contributed by atoms with Crippen molar-refractivity contribution in [3.05, 3.63) is 0 Å². The molecule has 104 valence electrons. The van der Waals surface area contributed by atoms with Crippen LogP contribution in [0.2, 0.25) is 0 Å². The summed E-state index contributed by atoms with van der Waals surface area (Å²) in [6, 6.07) is 0. The quantitative estimate of drug-likeness (QED) is 0.779. The minimum Gasteiger partial charge on any atom is -0.481 e. The Morgan fingerprint density at radius 3 is 2.50 bits per heavy atom. The summed E-state index contributed by atoms with van der Waals surface area (Å²) in [5.74, 6) is 2.05. The van der Waals surface area contributed by atoms with Crippen molar-refractivity contribution >= 4 is 23.6 Å². The molecule has 18 heavy (non-hydrogen) atoms. The molecular weight excluding hydrogens is 250 g/mol. The van der Waals surface area contributed by atoms with Crippen LogP contribution in [-0.2, 0) is 9.59 Å². The predicted molar refractivity (Wildman–Crippen MR) is 73.8 cm³/mol. The van der Waals surface area contributed by atoms with Crippen LogP contribution in [0, 0.1) is 5.92 Å². The Bertz CT molecular complexity index is 299. The smallest absolute Gasteiger partial charge is 0.303 e. The van der Waals surface area contributed by atoms with Gasteiger partial charge >= 0.3 is 5.97 Å². The second-order valence-electron chi connectivity index (χ2n) is 5.59. The highest BCUT2D eigenvalue weighted by Crippen LogP contribution is 2.25. The van der Waals surface area contributed by atoms with Gasteiger partial charge in [-0.05, 0) is 50.5 Å². The topological polar surface area (TPSA) is 66.4 Å². The maximum Gasteiger partial charge on any atom is 0.303 e. The Kier molecular flexibility index (Phi) is 5.99. The van der Waals surface area contributed by atoms with Crippen LogP contribution in [0.25, 0.3) is 0 Å². The molecule has 1 rings (SSSR count). The van der Waals surface area contributed by atoms with Crippen LogP contribution in [0.15, 0.2) is 0 Å². The van der Waals surface area contributed by atoms with Crippen LogP contribution in [0.3, 0.4) is 0 Å². The summed E-state index contributed by atoms with van der Waals surface area (Å²) < 4.78 is 0. The Hall–Kier alpha value is -0.710. The first-order valence-electron chi connectivity index (χ1n) is 6.49. The third-order valence-corrected chi connectivity index (χ3v) is 4.31. The summed E-state index contributed by atoms with van der Waals surface area (Å²) in [6.45, 7) is 3.76. The van der Waals surface area contributed by atoms with Crippen molar-refractivity contribution < 1.29 is 14.7 Å². The number of rotatable bonds is 6. The molecular formula is C13H23NO3S. The molecule has 0 unspecified atom stereocenters. The molecule has 0 aromatic carbocycles. The lowest BCUT2D eigenvalue weighted by Crippen LogP contribution is -2.44. The Labute approximate surface area is 113 Å². The Morgan fingerprint density at radius 1 is 1.33 bits per heavy atom. The van der Waals surface area contributed by atoms with Gasteiger partial charge in [-0.25, -0.2) is 0 Å². The number of hydrogen-bond acceptors (Lipinski definition) is 3. The monoisotopic (exact) mass is 273 g/mol. The van der Waals surface area contributed by atoms with Crippen molar-refractivity contribution in [2.75, 3.05) is 11.5 Å². The summed E-state index contributed by atoms with van der Waals surface area (Å²) in [5.41, 5.74) is -0.432. The van der Waals surface area contributed by atoms with E-state index in [2.05, 4.69) is 5.32 Å². The third kappa shape index (κ3) is 6.28. The first-order valence-corrected chi connectivity index (χ1v) is 7.65. The highest BCUT2D eigenvalue weighted by molar-refractivity contribution is 7.99. The molecule has 1 fully saturated rings. The molecule has 1 aliphatic heterocycles. The van der Waals surface area contributed by atoms with Crippen LogP contribution >= 0.6 is 11.8 Å². The molecule has 2 N–H and O–H groups in total. The lowest BCUT2D eigenvalue weighted by Gasteiger charge is -2.27. The fourth-order valence-electron chi connectivity index (χ4n) is 2.12. The van der Waals surface area contributed by atoms with Gasteiger partial charge < -0.3 is 10.4 Å². The summed E-state index contributed by atoms with van der Waals surface area (Å²) in [4.78, 5) is 22.4. The van der Waals surface area contributed by atoms with E-state index in [9.17, 15) is 9.59 Å². The first-order chi connectivity index (χ1) is 8.39. The Balaban J connectivity index is 2.30. The molecule has 0 bridgehead atoms. The summed E-state index contributed by atoms with van der Waals surface area (Å²) in [7, 11) is 0. The number of hydrogen-bond donors (Lipinski definition) is 2. The SMILES string of the molecule is CC(C)(CCC(=O)O)NC(=O)CC1CCSCC1. The summed E-state index contributed by atoms with van der Waals surface area (Å²) >= 11 is 1.95. The Morgan fingerprint density at radius 2 is 1.94 bits per heavy atom. The number of carbonyl (C=O) groups is 2. The van der Waals surface area contributed by atoms with Gasteiger partial charge in [0.05, 0.1) is 0 Å². The second-order valence-corrected chi connectivity index (χ2v) is 6.81. The molecule has 0 saturated carbocycles. The van der Waals surface area contributed by atoms with Crippen molar-refractivity contribution in [1.29, 1.82) is 0 Å². The zero-order chi connectivity index (χ0) is 13.6. The fraction of sp³-hybridized carbons (Fsp3) is 0.846. The van der Waals surface area contributed by atoms with Gasteiger partial charge in [-0.3, -0.25) is 9.59 Å². The molecule has 1 aliphatic rings. The van der Waals surface area contributed by atoms with E-state index in [0.29, 0.717) is 18.8 Å². The van der Waals surface area contributed by atoms with Gasteiger partial charge in [0, 0.05) is 18.4 Å². The molecule has 0 radical (unpaired) electrons. The molecule has 0 atom stereocenters. The van der Waals surface area contributed by atoms with Crippen LogP contribution in [0.1, 0.15) is 46.0 Å². The normalized spacial score (nSPS) is 17.4. The highest BCUT2D eigenvalue weighted by Gasteiger charge is 2.24. The number of carboxylic acid groups (broad SMARTS) is 1. The molecule has 1 saturated heterocycles. The van der Waals surface area contributed by atoms with E-state index in [0.717, 1.165) is 24.3 Å². The van der Waals surface area contributed by atoms with E-state index >= 15 is 0 Å². The summed E-state index contributed by atoms with van der Waals surface area (Å²) in [6.07, 6.45) is 3.38. The lowest BCUT2D eigenvalue weighted by molar-refractivity contribution is -0.137. The number of amides is 1. The van der Waals surface area contributed by atoms with E-state index in [4.69, 9.17) is 5.11 Å². The van der Waals surface area contributed by atoms with Gasteiger partial charge in [0.25, 0.3) is 0 Å². The van der Waals surface area contributed by atoms with Crippen molar-refractivity contribution in [3.63, 3.8) is 0 Å². The average Bonchev–Trinajstić information content (AvgIpc) is 2.27. The number of carboxylic acids is 1. The van der Waals surface area contributed by atoms with E-state index in [1.165, 1.54) is 0 Å². The minimum atomic E-state index is -0.818. The second kappa shape index (κ2) is 7.02. The lowest BCUT2D eigenvalue weighted by atomic mass is 9.95. The predicted octanol–water partition coefficient (Wildman–Crippen LogP) is 2.28. The molecule has 1 amide bonds. The maximum absolute atomic E-state index is 11.9. The third-order valence-electron chi connectivity index (χ3n) is 3.26. The zero-order valence-corrected chi connectivity index (χ0v) is 12.0. The minimum absolute atomic E-state index is 0.0577. The molecule has 0 aromatic heterocycles.